The molecule has 0 radical (unpaired) electrons. The number of morpholine rings is 1. The van der Waals surface area contributed by atoms with E-state index in [9.17, 15) is 4.79 Å². The molecule has 1 aliphatic rings. The number of halogens is 1. The van der Waals surface area contributed by atoms with Crippen LogP contribution in [0.25, 0.3) is 10.2 Å². The van der Waals surface area contributed by atoms with Gasteiger partial charge < -0.3 is 9.47 Å². The third kappa shape index (κ3) is 6.26. The molecule has 8 heteroatoms. The van der Waals surface area contributed by atoms with Crippen molar-refractivity contribution in [3.05, 3.63) is 53.0 Å². The Morgan fingerprint density at radius 3 is 2.81 bits per heavy atom. The number of para-hydroxylation sites is 1. The van der Waals surface area contributed by atoms with Gasteiger partial charge in [0.15, 0.2) is 5.13 Å². The topological polar surface area (TPSA) is 54.9 Å². The fraction of sp³-hybridized carbons (Fsp3) is 0.391. The summed E-state index contributed by atoms with van der Waals surface area (Å²) < 4.78 is 13.2. The maximum absolute atomic E-state index is 13.1. The number of rotatable bonds is 9. The summed E-state index contributed by atoms with van der Waals surface area (Å²) in [4.78, 5) is 22.1. The molecule has 0 atom stereocenters. The van der Waals surface area contributed by atoms with Crippen LogP contribution in [-0.4, -0.2) is 61.8 Å². The second kappa shape index (κ2) is 11.0. The summed E-state index contributed by atoms with van der Waals surface area (Å²) in [5.41, 5.74) is 0.912. The van der Waals surface area contributed by atoms with E-state index in [0.29, 0.717) is 19.6 Å². The number of amides is 1. The van der Waals surface area contributed by atoms with Crippen LogP contribution in [0.1, 0.15) is 12.8 Å². The Balaban J connectivity index is 1.42. The molecule has 0 saturated carbocycles. The van der Waals surface area contributed by atoms with Gasteiger partial charge in [0.25, 0.3) is 0 Å². The molecule has 31 heavy (non-hydrogen) atoms. The number of thiazole rings is 1. The lowest BCUT2D eigenvalue weighted by Crippen LogP contribution is -2.39. The molecule has 0 bridgehead atoms. The maximum Gasteiger partial charge on any atom is 0.232 e. The van der Waals surface area contributed by atoms with E-state index in [1.807, 2.05) is 53.4 Å². The summed E-state index contributed by atoms with van der Waals surface area (Å²) in [6.45, 7) is 5.41. The molecule has 1 amide bonds. The molecule has 2 aromatic carbocycles. The Morgan fingerprint density at radius 1 is 1.19 bits per heavy atom. The summed E-state index contributed by atoms with van der Waals surface area (Å²) in [6, 6.07) is 15.6. The van der Waals surface area contributed by atoms with Crippen molar-refractivity contribution in [3.63, 3.8) is 0 Å². The van der Waals surface area contributed by atoms with E-state index in [-0.39, 0.29) is 5.91 Å². The molecule has 1 aromatic heterocycles. The van der Waals surface area contributed by atoms with E-state index < -0.39 is 0 Å². The lowest BCUT2D eigenvalue weighted by atomic mass is 10.3. The standard InChI is InChI=1S/C23H26BrN3O3S/c24-18-7-8-20-21(17-18)31-23(25-20)27(11-4-10-26-12-15-29-16-13-26)22(28)9-14-30-19-5-2-1-3-6-19/h1-3,5-8,17H,4,9-16H2. The van der Waals surface area contributed by atoms with E-state index in [1.54, 1.807) is 11.3 Å². The summed E-state index contributed by atoms with van der Waals surface area (Å²) in [6.07, 6.45) is 1.21. The Hall–Kier alpha value is -2.00. The van der Waals surface area contributed by atoms with Crippen molar-refractivity contribution in [2.45, 2.75) is 12.8 Å². The van der Waals surface area contributed by atoms with Gasteiger partial charge in [-0.15, -0.1) is 0 Å². The fourth-order valence-electron chi connectivity index (χ4n) is 3.51. The molecule has 1 saturated heterocycles. The lowest BCUT2D eigenvalue weighted by Gasteiger charge is -2.27. The zero-order chi connectivity index (χ0) is 21.5. The summed E-state index contributed by atoms with van der Waals surface area (Å²) in [5.74, 6) is 0.815. The quantitative estimate of drug-likeness (QED) is 0.427. The maximum atomic E-state index is 13.1. The number of anilines is 1. The van der Waals surface area contributed by atoms with Gasteiger partial charge in [-0.05, 0) is 36.8 Å². The van der Waals surface area contributed by atoms with Crippen molar-refractivity contribution in [1.29, 1.82) is 0 Å². The highest BCUT2D eigenvalue weighted by Crippen LogP contribution is 2.31. The summed E-state index contributed by atoms with van der Waals surface area (Å²) >= 11 is 5.07. The van der Waals surface area contributed by atoms with E-state index in [2.05, 4.69) is 20.8 Å². The third-order valence-electron chi connectivity index (χ3n) is 5.16. The van der Waals surface area contributed by atoms with Crippen molar-refractivity contribution in [1.82, 2.24) is 9.88 Å². The first kappa shape index (κ1) is 22.2. The van der Waals surface area contributed by atoms with Gasteiger partial charge in [-0.1, -0.05) is 45.5 Å². The number of benzene rings is 2. The normalized spacial score (nSPS) is 14.6. The highest BCUT2D eigenvalue weighted by Gasteiger charge is 2.20. The van der Waals surface area contributed by atoms with Crippen molar-refractivity contribution < 1.29 is 14.3 Å². The van der Waals surface area contributed by atoms with Gasteiger partial charge in [-0.3, -0.25) is 14.6 Å². The van der Waals surface area contributed by atoms with Crippen LogP contribution in [0.15, 0.2) is 53.0 Å². The van der Waals surface area contributed by atoms with Crippen LogP contribution in [0.3, 0.4) is 0 Å². The van der Waals surface area contributed by atoms with Crippen molar-refractivity contribution in [3.8, 4) is 5.75 Å². The average Bonchev–Trinajstić information content (AvgIpc) is 3.20. The molecule has 2 heterocycles. The molecule has 6 nitrogen and oxygen atoms in total. The number of hydrogen-bond donors (Lipinski definition) is 0. The van der Waals surface area contributed by atoms with Gasteiger partial charge in [0.05, 0.1) is 36.5 Å². The van der Waals surface area contributed by atoms with Crippen LogP contribution in [0.5, 0.6) is 5.75 Å². The van der Waals surface area contributed by atoms with Crippen LogP contribution in [0.4, 0.5) is 5.13 Å². The largest absolute Gasteiger partial charge is 0.493 e. The third-order valence-corrected chi connectivity index (χ3v) is 6.69. The second-order valence-corrected chi connectivity index (χ2v) is 9.30. The van der Waals surface area contributed by atoms with Crippen LogP contribution in [0, 0.1) is 0 Å². The first-order valence-electron chi connectivity index (χ1n) is 10.5. The molecule has 0 unspecified atom stereocenters. The SMILES string of the molecule is O=C(CCOc1ccccc1)N(CCCN1CCOCC1)c1nc2ccc(Br)cc2s1. The van der Waals surface area contributed by atoms with E-state index in [0.717, 1.165) is 64.8 Å². The first-order chi connectivity index (χ1) is 15.2. The minimum absolute atomic E-state index is 0.0380. The number of carbonyl (C=O) groups is 1. The zero-order valence-corrected chi connectivity index (χ0v) is 19.7. The molecule has 0 N–H and O–H groups in total. The molecule has 1 fully saturated rings. The van der Waals surface area contributed by atoms with Crippen LogP contribution in [0.2, 0.25) is 0 Å². The van der Waals surface area contributed by atoms with Crippen molar-refractivity contribution in [2.24, 2.45) is 0 Å². The number of aromatic nitrogens is 1. The van der Waals surface area contributed by atoms with Gasteiger partial charge in [-0.25, -0.2) is 4.98 Å². The van der Waals surface area contributed by atoms with Crippen molar-refractivity contribution in [2.75, 3.05) is 50.9 Å². The van der Waals surface area contributed by atoms with Crippen molar-refractivity contribution >= 4 is 48.5 Å². The van der Waals surface area contributed by atoms with Gasteiger partial charge in [0.2, 0.25) is 5.91 Å². The number of ether oxygens (including phenoxy) is 2. The van der Waals surface area contributed by atoms with Crippen LogP contribution in [-0.2, 0) is 9.53 Å². The molecule has 164 valence electrons. The summed E-state index contributed by atoms with van der Waals surface area (Å²) in [7, 11) is 0. The first-order valence-corrected chi connectivity index (χ1v) is 12.1. The van der Waals surface area contributed by atoms with E-state index in [4.69, 9.17) is 14.5 Å². The molecule has 4 rings (SSSR count). The second-order valence-electron chi connectivity index (χ2n) is 7.37. The number of carbonyl (C=O) groups excluding carboxylic acids is 1. The van der Waals surface area contributed by atoms with Gasteiger partial charge in [0.1, 0.15) is 5.75 Å². The Morgan fingerprint density at radius 2 is 2.00 bits per heavy atom. The Kier molecular flexibility index (Phi) is 7.91. The molecule has 0 aliphatic carbocycles. The van der Waals surface area contributed by atoms with Crippen LogP contribution < -0.4 is 9.64 Å². The van der Waals surface area contributed by atoms with Gasteiger partial charge in [0, 0.05) is 30.7 Å². The minimum atomic E-state index is 0.0380. The fourth-order valence-corrected chi connectivity index (χ4v) is 5.07. The monoisotopic (exact) mass is 503 g/mol. The molecule has 3 aromatic rings. The molecular formula is C23H26BrN3O3S. The van der Waals surface area contributed by atoms with Gasteiger partial charge >= 0.3 is 0 Å². The van der Waals surface area contributed by atoms with E-state index >= 15 is 0 Å². The molecular weight excluding hydrogens is 478 g/mol. The number of nitrogens with zero attached hydrogens (tertiary/aromatic N) is 3. The zero-order valence-electron chi connectivity index (χ0n) is 17.3. The highest BCUT2D eigenvalue weighted by atomic mass is 79.9. The smallest absolute Gasteiger partial charge is 0.232 e. The predicted molar refractivity (Wildman–Crippen MR) is 128 cm³/mol. The summed E-state index contributed by atoms with van der Waals surface area (Å²) in [5, 5.41) is 0.750. The molecule has 0 spiro atoms. The molecule has 1 aliphatic heterocycles. The number of hydrogen-bond acceptors (Lipinski definition) is 6. The Labute approximate surface area is 194 Å². The Bertz CT molecular complexity index is 992. The predicted octanol–water partition coefficient (Wildman–Crippen LogP) is 4.58. The highest BCUT2D eigenvalue weighted by molar-refractivity contribution is 9.10. The lowest BCUT2D eigenvalue weighted by molar-refractivity contribution is -0.119. The minimum Gasteiger partial charge on any atom is -0.493 e. The van der Waals surface area contributed by atoms with Gasteiger partial charge in [-0.2, -0.15) is 0 Å². The number of fused-ring (bicyclic) bond motifs is 1. The van der Waals surface area contributed by atoms with E-state index in [1.165, 1.54) is 0 Å². The van der Waals surface area contributed by atoms with Crippen LogP contribution >= 0.6 is 27.3 Å². The average molecular weight is 504 g/mol.